The van der Waals surface area contributed by atoms with Gasteiger partial charge in [0.2, 0.25) is 5.91 Å². The molecule has 0 radical (unpaired) electrons. The highest BCUT2D eigenvalue weighted by Crippen LogP contribution is 2.03. The molecule has 0 aromatic heterocycles. The summed E-state index contributed by atoms with van der Waals surface area (Å²) < 4.78 is 27.8. The summed E-state index contributed by atoms with van der Waals surface area (Å²) in [6.45, 7) is 4.65. The highest BCUT2D eigenvalue weighted by molar-refractivity contribution is 5.74. The molecule has 0 saturated carbocycles. The topological polar surface area (TPSA) is 47.6 Å². The minimum atomic E-state index is -2.50. The Labute approximate surface area is 87.9 Å². The van der Waals surface area contributed by atoms with Gasteiger partial charge in [0, 0.05) is 0 Å². The number of hydrogen-bond donors (Lipinski definition) is 1. The minimum Gasteiger partial charge on any atom is -0.375 e. The van der Waals surface area contributed by atoms with Gasteiger partial charge in [-0.15, -0.1) is 0 Å². The average Bonchev–Trinajstić information content (AvgIpc) is 2.07. The van der Waals surface area contributed by atoms with Crippen molar-refractivity contribution in [1.82, 2.24) is 5.48 Å². The van der Waals surface area contributed by atoms with Gasteiger partial charge in [0.25, 0.3) is 6.43 Å². The number of carbonyl (C=O) groups is 1. The van der Waals surface area contributed by atoms with Crippen LogP contribution < -0.4 is 5.48 Å². The number of alkyl halides is 2. The first-order valence-electron chi connectivity index (χ1n) is 4.64. The first-order valence-corrected chi connectivity index (χ1v) is 4.64. The third kappa shape index (κ3) is 11.2. The molecule has 0 bridgehead atoms. The van der Waals surface area contributed by atoms with E-state index in [9.17, 15) is 13.6 Å². The molecular formula is C9H17F2NO3. The third-order valence-electron chi connectivity index (χ3n) is 1.19. The first-order chi connectivity index (χ1) is 6.81. The summed E-state index contributed by atoms with van der Waals surface area (Å²) in [4.78, 5) is 16.0. The second-order valence-electron chi connectivity index (χ2n) is 3.96. The fraction of sp³-hybridized carbons (Fsp3) is 0.889. The Morgan fingerprint density at radius 2 is 2.00 bits per heavy atom. The Kier molecular flexibility index (Phi) is 6.35. The van der Waals surface area contributed by atoms with E-state index in [1.54, 1.807) is 20.8 Å². The lowest BCUT2D eigenvalue weighted by atomic mass is 10.2. The number of amides is 1. The maximum atomic E-state index is 11.6. The van der Waals surface area contributed by atoms with Crippen LogP contribution in [0, 0.1) is 0 Å². The third-order valence-corrected chi connectivity index (χ3v) is 1.19. The predicted molar refractivity (Wildman–Crippen MR) is 50.4 cm³/mol. The van der Waals surface area contributed by atoms with Crippen LogP contribution in [-0.4, -0.2) is 31.1 Å². The maximum absolute atomic E-state index is 11.6. The lowest BCUT2D eigenvalue weighted by molar-refractivity contribution is -0.146. The van der Waals surface area contributed by atoms with Gasteiger partial charge in [0.05, 0.1) is 18.6 Å². The molecule has 1 amide bonds. The van der Waals surface area contributed by atoms with Crippen LogP contribution in [-0.2, 0) is 14.4 Å². The molecule has 0 aromatic rings. The van der Waals surface area contributed by atoms with Gasteiger partial charge in [0.15, 0.2) is 0 Å². The van der Waals surface area contributed by atoms with E-state index in [2.05, 4.69) is 10.2 Å². The summed E-state index contributed by atoms with van der Waals surface area (Å²) in [5.41, 5.74) is 1.73. The molecular weight excluding hydrogens is 208 g/mol. The molecule has 0 rings (SSSR count). The van der Waals surface area contributed by atoms with Crippen molar-refractivity contribution in [3.05, 3.63) is 0 Å². The Balaban J connectivity index is 3.42. The fourth-order valence-corrected chi connectivity index (χ4v) is 0.598. The lowest BCUT2D eigenvalue weighted by Crippen LogP contribution is -2.34. The minimum absolute atomic E-state index is 0.00278. The molecule has 1 N–H and O–H groups in total. The standard InChI is InChI=1S/C9H17F2NO3/c1-9(2,3)15-12-8(13)4-5-14-6-7(10)11/h7H,4-6H2,1-3H3,(H,12,13). The molecule has 4 nitrogen and oxygen atoms in total. The number of ether oxygens (including phenoxy) is 1. The molecule has 0 heterocycles. The number of nitrogens with one attached hydrogen (secondary N) is 1. The molecule has 0 fully saturated rings. The van der Waals surface area contributed by atoms with E-state index < -0.39 is 18.6 Å². The van der Waals surface area contributed by atoms with Crippen molar-refractivity contribution in [2.45, 2.75) is 39.2 Å². The molecule has 0 aromatic carbocycles. The van der Waals surface area contributed by atoms with Crippen LogP contribution in [0.15, 0.2) is 0 Å². The van der Waals surface area contributed by atoms with E-state index >= 15 is 0 Å². The van der Waals surface area contributed by atoms with Gasteiger partial charge in [-0.3, -0.25) is 9.63 Å². The van der Waals surface area contributed by atoms with Gasteiger partial charge < -0.3 is 4.74 Å². The van der Waals surface area contributed by atoms with Crippen molar-refractivity contribution >= 4 is 5.91 Å². The highest BCUT2D eigenvalue weighted by Gasteiger charge is 2.12. The van der Waals surface area contributed by atoms with E-state index in [1.165, 1.54) is 0 Å². The Bertz CT molecular complexity index is 192. The maximum Gasteiger partial charge on any atom is 0.261 e. The van der Waals surface area contributed by atoms with Crippen molar-refractivity contribution in [1.29, 1.82) is 0 Å². The van der Waals surface area contributed by atoms with Gasteiger partial charge in [0.1, 0.15) is 6.61 Å². The second-order valence-corrected chi connectivity index (χ2v) is 3.96. The monoisotopic (exact) mass is 225 g/mol. The van der Waals surface area contributed by atoms with Crippen molar-refractivity contribution in [3.8, 4) is 0 Å². The van der Waals surface area contributed by atoms with Crippen LogP contribution in [0.1, 0.15) is 27.2 Å². The van der Waals surface area contributed by atoms with E-state index in [0.717, 1.165) is 0 Å². The zero-order chi connectivity index (χ0) is 11.9. The Morgan fingerprint density at radius 1 is 1.40 bits per heavy atom. The smallest absolute Gasteiger partial charge is 0.261 e. The van der Waals surface area contributed by atoms with Crippen LogP contribution in [0.3, 0.4) is 0 Å². The van der Waals surface area contributed by atoms with Crippen LogP contribution in [0.5, 0.6) is 0 Å². The van der Waals surface area contributed by atoms with Crippen molar-refractivity contribution < 1.29 is 23.1 Å². The van der Waals surface area contributed by atoms with E-state index in [-0.39, 0.29) is 18.9 Å². The van der Waals surface area contributed by atoms with Gasteiger partial charge >= 0.3 is 0 Å². The zero-order valence-corrected chi connectivity index (χ0v) is 9.18. The zero-order valence-electron chi connectivity index (χ0n) is 9.18. The quantitative estimate of drug-likeness (QED) is 0.550. The number of hydrogen-bond acceptors (Lipinski definition) is 3. The average molecular weight is 225 g/mol. The highest BCUT2D eigenvalue weighted by atomic mass is 19.3. The summed E-state index contributed by atoms with van der Waals surface area (Å²) in [7, 11) is 0. The summed E-state index contributed by atoms with van der Waals surface area (Å²) in [5, 5.41) is 0. The predicted octanol–water partition coefficient (Wildman–Crippen LogP) is 1.50. The summed E-state index contributed by atoms with van der Waals surface area (Å²) in [5.74, 6) is -0.390. The van der Waals surface area contributed by atoms with E-state index in [0.29, 0.717) is 0 Å². The number of carbonyl (C=O) groups excluding carboxylic acids is 1. The molecule has 0 aliphatic rings. The number of hydroxylamine groups is 1. The van der Waals surface area contributed by atoms with Gasteiger partial charge in [-0.1, -0.05) is 0 Å². The first kappa shape index (κ1) is 14.2. The van der Waals surface area contributed by atoms with Crippen molar-refractivity contribution in [2.75, 3.05) is 13.2 Å². The molecule has 15 heavy (non-hydrogen) atoms. The largest absolute Gasteiger partial charge is 0.375 e. The molecule has 0 aliphatic heterocycles. The van der Waals surface area contributed by atoms with E-state index in [4.69, 9.17) is 4.84 Å². The van der Waals surface area contributed by atoms with Crippen LogP contribution in [0.2, 0.25) is 0 Å². The SMILES string of the molecule is CC(C)(C)ONC(=O)CCOCC(F)F. The number of rotatable bonds is 6. The Morgan fingerprint density at radius 3 is 2.47 bits per heavy atom. The van der Waals surface area contributed by atoms with Crippen LogP contribution >= 0.6 is 0 Å². The van der Waals surface area contributed by atoms with Gasteiger partial charge in [-0.05, 0) is 20.8 Å². The van der Waals surface area contributed by atoms with Crippen molar-refractivity contribution in [3.63, 3.8) is 0 Å². The second kappa shape index (κ2) is 6.68. The molecule has 0 atom stereocenters. The lowest BCUT2D eigenvalue weighted by Gasteiger charge is -2.18. The molecule has 0 saturated heterocycles. The summed E-state index contributed by atoms with van der Waals surface area (Å²) >= 11 is 0. The molecule has 6 heteroatoms. The fourth-order valence-electron chi connectivity index (χ4n) is 0.598. The molecule has 0 aliphatic carbocycles. The van der Waals surface area contributed by atoms with Crippen LogP contribution in [0.4, 0.5) is 8.78 Å². The van der Waals surface area contributed by atoms with Crippen LogP contribution in [0.25, 0.3) is 0 Å². The summed E-state index contributed by atoms with van der Waals surface area (Å²) in [6, 6.07) is 0. The van der Waals surface area contributed by atoms with Gasteiger partial charge in [-0.2, -0.15) is 0 Å². The molecule has 0 unspecified atom stereocenters. The van der Waals surface area contributed by atoms with Crippen molar-refractivity contribution in [2.24, 2.45) is 0 Å². The number of halogens is 2. The molecule has 90 valence electrons. The van der Waals surface area contributed by atoms with E-state index in [1.807, 2.05) is 0 Å². The summed E-state index contributed by atoms with van der Waals surface area (Å²) in [6.07, 6.45) is -2.50. The molecule has 0 spiro atoms. The normalized spacial score (nSPS) is 11.9. The van der Waals surface area contributed by atoms with Gasteiger partial charge in [-0.25, -0.2) is 14.3 Å². The Hall–Kier alpha value is -0.750.